The molecule has 0 heterocycles. The molecule has 0 aromatic heterocycles. The van der Waals surface area contributed by atoms with Crippen molar-refractivity contribution in [1.82, 2.24) is 0 Å². The van der Waals surface area contributed by atoms with Crippen molar-refractivity contribution in [3.63, 3.8) is 0 Å². The van der Waals surface area contributed by atoms with E-state index in [-0.39, 0.29) is 5.97 Å². The first kappa shape index (κ1) is 12.6. The van der Waals surface area contributed by atoms with E-state index in [4.69, 9.17) is 16.3 Å². The van der Waals surface area contributed by atoms with E-state index in [0.717, 1.165) is 5.69 Å². The van der Waals surface area contributed by atoms with Crippen molar-refractivity contribution in [2.24, 2.45) is 0 Å². The van der Waals surface area contributed by atoms with Gasteiger partial charge in [0.2, 0.25) is 0 Å². The number of nitrogens with one attached hydrogen (secondary N) is 1. The van der Waals surface area contributed by atoms with E-state index in [2.05, 4.69) is 10.1 Å². The Bertz CT molecular complexity index is 368. The van der Waals surface area contributed by atoms with Crippen LogP contribution in [-0.2, 0) is 9.53 Å². The summed E-state index contributed by atoms with van der Waals surface area (Å²) in [6.45, 7) is 0.485. The van der Waals surface area contributed by atoms with Gasteiger partial charge in [0.15, 0.2) is 0 Å². The van der Waals surface area contributed by atoms with Gasteiger partial charge in [-0.2, -0.15) is 0 Å². The molecule has 1 aromatic rings. The summed E-state index contributed by atoms with van der Waals surface area (Å²) in [5.41, 5.74) is 0.770. The monoisotopic (exact) mass is 243 g/mol. The Morgan fingerprint density at radius 1 is 1.44 bits per heavy atom. The lowest BCUT2D eigenvalue weighted by atomic mass is 10.3. The molecule has 4 nitrogen and oxygen atoms in total. The van der Waals surface area contributed by atoms with Crippen LogP contribution in [0.1, 0.15) is 6.42 Å². The Balaban J connectivity index is 2.51. The smallest absolute Gasteiger partial charge is 0.307 e. The van der Waals surface area contributed by atoms with Crippen LogP contribution in [0.3, 0.4) is 0 Å². The molecule has 0 aliphatic heterocycles. The number of hydrogen-bond donors (Lipinski definition) is 1. The van der Waals surface area contributed by atoms with Gasteiger partial charge in [-0.25, -0.2) is 0 Å². The predicted molar refractivity (Wildman–Crippen MR) is 63.1 cm³/mol. The summed E-state index contributed by atoms with van der Waals surface area (Å²) >= 11 is 6.00. The van der Waals surface area contributed by atoms with Gasteiger partial charge < -0.3 is 14.8 Å². The molecule has 0 aliphatic rings. The van der Waals surface area contributed by atoms with Crippen LogP contribution in [0.2, 0.25) is 5.02 Å². The molecule has 1 rings (SSSR count). The molecule has 0 fully saturated rings. The topological polar surface area (TPSA) is 47.6 Å². The molecule has 16 heavy (non-hydrogen) atoms. The third-order valence-electron chi connectivity index (χ3n) is 2.05. The maximum Gasteiger partial charge on any atom is 0.307 e. The van der Waals surface area contributed by atoms with Gasteiger partial charge in [0.05, 0.1) is 31.4 Å². The van der Waals surface area contributed by atoms with E-state index in [0.29, 0.717) is 23.7 Å². The van der Waals surface area contributed by atoms with Crippen LogP contribution in [0.4, 0.5) is 5.69 Å². The van der Waals surface area contributed by atoms with Crippen LogP contribution < -0.4 is 10.1 Å². The van der Waals surface area contributed by atoms with E-state index in [1.54, 1.807) is 25.3 Å². The molecule has 0 bridgehead atoms. The van der Waals surface area contributed by atoms with Crippen LogP contribution >= 0.6 is 11.6 Å². The molecular weight excluding hydrogens is 230 g/mol. The van der Waals surface area contributed by atoms with Gasteiger partial charge in [0.25, 0.3) is 0 Å². The highest BCUT2D eigenvalue weighted by Crippen LogP contribution is 2.26. The minimum absolute atomic E-state index is 0.253. The lowest BCUT2D eigenvalue weighted by Gasteiger charge is -2.08. The molecule has 0 amide bonds. The van der Waals surface area contributed by atoms with E-state index >= 15 is 0 Å². The third-order valence-corrected chi connectivity index (χ3v) is 2.36. The Morgan fingerprint density at radius 2 is 2.19 bits per heavy atom. The highest BCUT2D eigenvalue weighted by atomic mass is 35.5. The molecule has 0 saturated heterocycles. The summed E-state index contributed by atoms with van der Waals surface area (Å²) in [4.78, 5) is 10.9. The summed E-state index contributed by atoms with van der Waals surface area (Å²) in [5, 5.41) is 3.60. The molecule has 88 valence electrons. The van der Waals surface area contributed by atoms with Gasteiger partial charge in [-0.15, -0.1) is 0 Å². The van der Waals surface area contributed by atoms with Gasteiger partial charge in [-0.05, 0) is 12.1 Å². The molecule has 0 aliphatic carbocycles. The number of anilines is 1. The molecule has 1 N–H and O–H groups in total. The van der Waals surface area contributed by atoms with E-state index in [1.165, 1.54) is 7.11 Å². The summed E-state index contributed by atoms with van der Waals surface area (Å²) in [7, 11) is 2.94. The summed E-state index contributed by atoms with van der Waals surface area (Å²) < 4.78 is 9.55. The van der Waals surface area contributed by atoms with Gasteiger partial charge >= 0.3 is 5.97 Å². The number of hydrogen-bond acceptors (Lipinski definition) is 4. The van der Waals surface area contributed by atoms with Crippen molar-refractivity contribution < 1.29 is 14.3 Å². The normalized spacial score (nSPS) is 9.69. The minimum atomic E-state index is -0.253. The Labute approximate surface area is 99.5 Å². The number of carbonyl (C=O) groups is 1. The second-order valence-electron chi connectivity index (χ2n) is 3.10. The zero-order valence-electron chi connectivity index (χ0n) is 9.25. The first-order valence-electron chi connectivity index (χ1n) is 4.81. The molecule has 1 aromatic carbocycles. The first-order valence-corrected chi connectivity index (χ1v) is 5.19. The van der Waals surface area contributed by atoms with Crippen molar-refractivity contribution in [2.45, 2.75) is 6.42 Å². The fourth-order valence-corrected chi connectivity index (χ4v) is 1.40. The van der Waals surface area contributed by atoms with Gasteiger partial charge in [-0.3, -0.25) is 4.79 Å². The number of methoxy groups -OCH3 is 2. The Morgan fingerprint density at radius 3 is 2.75 bits per heavy atom. The zero-order valence-corrected chi connectivity index (χ0v) is 10.0. The lowest BCUT2D eigenvalue weighted by molar-refractivity contribution is -0.140. The standard InChI is InChI=1S/C11H14ClNO3/c1-15-8-3-4-10(9(12)7-8)13-6-5-11(14)16-2/h3-4,7,13H,5-6H2,1-2H3. The van der Waals surface area contributed by atoms with Crippen LogP contribution in [0.5, 0.6) is 5.75 Å². The van der Waals surface area contributed by atoms with Crippen molar-refractivity contribution in [1.29, 1.82) is 0 Å². The average Bonchev–Trinajstić information content (AvgIpc) is 2.30. The molecule has 0 radical (unpaired) electrons. The van der Waals surface area contributed by atoms with Gasteiger partial charge in [0, 0.05) is 12.6 Å². The van der Waals surface area contributed by atoms with Crippen molar-refractivity contribution in [3.05, 3.63) is 23.2 Å². The van der Waals surface area contributed by atoms with E-state index in [9.17, 15) is 4.79 Å². The van der Waals surface area contributed by atoms with Gasteiger partial charge in [0.1, 0.15) is 5.75 Å². The quantitative estimate of drug-likeness (QED) is 0.807. The SMILES string of the molecule is COC(=O)CCNc1ccc(OC)cc1Cl. The molecule has 0 spiro atoms. The summed E-state index contributed by atoms with van der Waals surface area (Å²) in [6.07, 6.45) is 0.304. The van der Waals surface area contributed by atoms with Crippen LogP contribution in [0.25, 0.3) is 0 Å². The fourth-order valence-electron chi connectivity index (χ4n) is 1.17. The molecule has 0 saturated carbocycles. The van der Waals surface area contributed by atoms with Crippen LogP contribution in [-0.4, -0.2) is 26.7 Å². The first-order chi connectivity index (χ1) is 7.67. The van der Waals surface area contributed by atoms with Crippen molar-refractivity contribution >= 4 is 23.3 Å². The Kier molecular flexibility index (Phi) is 4.92. The van der Waals surface area contributed by atoms with Crippen LogP contribution in [0.15, 0.2) is 18.2 Å². The maximum atomic E-state index is 10.9. The largest absolute Gasteiger partial charge is 0.497 e. The zero-order chi connectivity index (χ0) is 12.0. The molecule has 5 heteroatoms. The minimum Gasteiger partial charge on any atom is -0.497 e. The Hall–Kier alpha value is -1.42. The second kappa shape index (κ2) is 6.23. The number of ether oxygens (including phenoxy) is 2. The second-order valence-corrected chi connectivity index (χ2v) is 3.51. The highest BCUT2D eigenvalue weighted by Gasteiger charge is 2.03. The fraction of sp³-hybridized carbons (Fsp3) is 0.364. The van der Waals surface area contributed by atoms with Crippen molar-refractivity contribution in [3.8, 4) is 5.75 Å². The molecule has 0 atom stereocenters. The lowest BCUT2D eigenvalue weighted by Crippen LogP contribution is -2.09. The molecular formula is C11H14ClNO3. The maximum absolute atomic E-state index is 10.9. The number of halogens is 1. The summed E-state index contributed by atoms with van der Waals surface area (Å²) in [6, 6.07) is 5.31. The number of esters is 1. The van der Waals surface area contributed by atoms with Crippen molar-refractivity contribution in [2.75, 3.05) is 26.1 Å². The summed E-state index contributed by atoms with van der Waals surface area (Å²) in [5.74, 6) is 0.445. The van der Waals surface area contributed by atoms with E-state index < -0.39 is 0 Å². The van der Waals surface area contributed by atoms with Crippen LogP contribution in [0, 0.1) is 0 Å². The number of carbonyl (C=O) groups excluding carboxylic acids is 1. The number of rotatable bonds is 5. The van der Waals surface area contributed by atoms with E-state index in [1.807, 2.05) is 0 Å². The molecule has 0 unspecified atom stereocenters. The highest BCUT2D eigenvalue weighted by molar-refractivity contribution is 6.33. The predicted octanol–water partition coefficient (Wildman–Crippen LogP) is 2.32. The van der Waals surface area contributed by atoms with Gasteiger partial charge in [-0.1, -0.05) is 11.6 Å². The number of benzene rings is 1. The third kappa shape index (κ3) is 3.62. The average molecular weight is 244 g/mol.